The first-order valence-electron chi connectivity index (χ1n) is 8.67. The number of ether oxygens (including phenoxy) is 1. The summed E-state index contributed by atoms with van der Waals surface area (Å²) in [5.41, 5.74) is 8.30. The molecule has 140 valence electrons. The Balaban J connectivity index is 1.49. The maximum Gasteiger partial charge on any atom is 0.265 e. The number of amides is 2. The van der Waals surface area contributed by atoms with Crippen molar-refractivity contribution in [3.8, 4) is 5.75 Å². The molecule has 27 heavy (non-hydrogen) atoms. The largest absolute Gasteiger partial charge is 0.479 e. The Morgan fingerprint density at radius 3 is 2.78 bits per heavy atom. The molecule has 0 bridgehead atoms. The highest BCUT2D eigenvalue weighted by Crippen LogP contribution is 2.33. The summed E-state index contributed by atoms with van der Waals surface area (Å²) in [6.07, 6.45) is -0.534. The van der Waals surface area contributed by atoms with Crippen LogP contribution in [0.25, 0.3) is 0 Å². The van der Waals surface area contributed by atoms with E-state index in [9.17, 15) is 9.59 Å². The molecule has 1 saturated heterocycles. The maximum atomic E-state index is 12.8. The summed E-state index contributed by atoms with van der Waals surface area (Å²) in [5, 5.41) is 6.35. The van der Waals surface area contributed by atoms with E-state index in [0.29, 0.717) is 28.7 Å². The zero-order valence-corrected chi connectivity index (χ0v) is 15.3. The lowest BCUT2D eigenvalue weighted by atomic mass is 9.94. The number of hydrazine groups is 1. The Bertz CT molecular complexity index is 887. The van der Waals surface area contributed by atoms with Crippen molar-refractivity contribution in [2.75, 3.05) is 17.2 Å². The number of carbonyl (C=O) groups is 2. The molecule has 2 aliphatic heterocycles. The average molecular weight is 387 g/mol. The van der Waals surface area contributed by atoms with Gasteiger partial charge in [0.1, 0.15) is 5.75 Å². The van der Waals surface area contributed by atoms with E-state index >= 15 is 0 Å². The molecule has 8 heteroatoms. The minimum absolute atomic E-state index is 0.121. The van der Waals surface area contributed by atoms with Gasteiger partial charge in [0.25, 0.3) is 5.91 Å². The summed E-state index contributed by atoms with van der Waals surface area (Å²) in [6.45, 7) is 2.19. The highest BCUT2D eigenvalue weighted by atomic mass is 35.5. The van der Waals surface area contributed by atoms with Gasteiger partial charge in [0.2, 0.25) is 5.91 Å². The number of fused-ring (bicyclic) bond motifs is 1. The van der Waals surface area contributed by atoms with Gasteiger partial charge in [0.05, 0.1) is 17.6 Å². The van der Waals surface area contributed by atoms with Crippen molar-refractivity contribution in [1.29, 1.82) is 0 Å². The highest BCUT2D eigenvalue weighted by molar-refractivity contribution is 6.30. The Morgan fingerprint density at radius 1 is 1.22 bits per heavy atom. The lowest BCUT2D eigenvalue weighted by Gasteiger charge is -2.24. The summed E-state index contributed by atoms with van der Waals surface area (Å²) in [5.74, 6) is -0.0433. The maximum absolute atomic E-state index is 12.8. The summed E-state index contributed by atoms with van der Waals surface area (Å²) in [6, 6.07) is 12.4. The molecule has 7 nitrogen and oxygen atoms in total. The molecule has 0 saturated carbocycles. The zero-order chi connectivity index (χ0) is 19.0. The average Bonchev–Trinajstić information content (AvgIpc) is 3.13. The van der Waals surface area contributed by atoms with Crippen LogP contribution in [0.4, 0.5) is 11.4 Å². The molecular formula is C19H19ClN4O3. The van der Waals surface area contributed by atoms with Crippen LogP contribution in [0.15, 0.2) is 42.5 Å². The third kappa shape index (κ3) is 3.62. The smallest absolute Gasteiger partial charge is 0.265 e. The second-order valence-electron chi connectivity index (χ2n) is 6.61. The van der Waals surface area contributed by atoms with E-state index in [1.165, 1.54) is 0 Å². The van der Waals surface area contributed by atoms with Gasteiger partial charge in [-0.15, -0.1) is 0 Å². The molecule has 4 rings (SSSR count). The second-order valence-corrected chi connectivity index (χ2v) is 7.05. The van der Waals surface area contributed by atoms with Crippen molar-refractivity contribution in [2.24, 2.45) is 5.92 Å². The van der Waals surface area contributed by atoms with Gasteiger partial charge in [-0.25, -0.2) is 5.43 Å². The summed E-state index contributed by atoms with van der Waals surface area (Å²) in [7, 11) is 0. The minimum atomic E-state index is -0.534. The standard InChI is InChI=1S/C19H19ClN4O3/c1-10-18(25)23-15-8-13(6-7-16(15)27-10)22-19(26)14-9-21-24-17(14)11-2-4-12(20)5-3-11/h2-8,10,14,17,21,24H,9H2,1H3,(H,22,26)(H,23,25). The normalized spacial score (nSPS) is 23.9. The van der Waals surface area contributed by atoms with Crippen LogP contribution in [0.3, 0.4) is 0 Å². The van der Waals surface area contributed by atoms with E-state index < -0.39 is 6.10 Å². The SMILES string of the molecule is CC1Oc2ccc(NC(=O)C3CNNC3c3ccc(Cl)cc3)cc2NC1=O. The van der Waals surface area contributed by atoms with Crippen molar-refractivity contribution in [1.82, 2.24) is 10.9 Å². The lowest BCUT2D eigenvalue weighted by Crippen LogP contribution is -2.34. The zero-order valence-electron chi connectivity index (χ0n) is 14.6. The molecule has 0 radical (unpaired) electrons. The molecule has 4 N–H and O–H groups in total. The van der Waals surface area contributed by atoms with Crippen LogP contribution in [-0.2, 0) is 9.59 Å². The van der Waals surface area contributed by atoms with E-state index in [0.717, 1.165) is 5.56 Å². The number of hydrogen-bond donors (Lipinski definition) is 4. The van der Waals surface area contributed by atoms with Crippen LogP contribution in [-0.4, -0.2) is 24.5 Å². The number of carbonyl (C=O) groups excluding carboxylic acids is 2. The molecule has 3 unspecified atom stereocenters. The third-order valence-corrected chi connectivity index (χ3v) is 4.98. The van der Waals surface area contributed by atoms with Crippen molar-refractivity contribution in [3.63, 3.8) is 0 Å². The van der Waals surface area contributed by atoms with Gasteiger partial charge < -0.3 is 15.4 Å². The molecule has 2 aliphatic rings. The fraction of sp³-hybridized carbons (Fsp3) is 0.263. The predicted octanol–water partition coefficient (Wildman–Crippen LogP) is 2.46. The van der Waals surface area contributed by atoms with Crippen LogP contribution in [0.5, 0.6) is 5.75 Å². The van der Waals surface area contributed by atoms with Gasteiger partial charge in [-0.2, -0.15) is 0 Å². The van der Waals surface area contributed by atoms with Gasteiger partial charge >= 0.3 is 0 Å². The minimum Gasteiger partial charge on any atom is -0.479 e. The fourth-order valence-electron chi connectivity index (χ4n) is 3.25. The second kappa shape index (κ2) is 7.19. The molecule has 0 aromatic heterocycles. The van der Waals surface area contributed by atoms with Crippen LogP contribution in [0, 0.1) is 5.92 Å². The lowest BCUT2D eigenvalue weighted by molar-refractivity contribution is -0.122. The van der Waals surface area contributed by atoms with Crippen LogP contribution in [0.2, 0.25) is 5.02 Å². The quantitative estimate of drug-likeness (QED) is 0.650. The van der Waals surface area contributed by atoms with E-state index in [-0.39, 0.29) is 23.8 Å². The number of nitrogens with one attached hydrogen (secondary N) is 4. The molecule has 2 amide bonds. The number of benzene rings is 2. The number of halogens is 1. The number of hydrogen-bond acceptors (Lipinski definition) is 5. The van der Waals surface area contributed by atoms with Gasteiger partial charge in [0.15, 0.2) is 6.10 Å². The van der Waals surface area contributed by atoms with Crippen LogP contribution >= 0.6 is 11.6 Å². The summed E-state index contributed by atoms with van der Waals surface area (Å²) < 4.78 is 5.53. The first kappa shape index (κ1) is 17.8. The molecule has 3 atom stereocenters. The summed E-state index contributed by atoms with van der Waals surface area (Å²) in [4.78, 5) is 24.6. The Morgan fingerprint density at radius 2 is 2.00 bits per heavy atom. The van der Waals surface area contributed by atoms with Crippen molar-refractivity contribution >= 4 is 34.8 Å². The predicted molar refractivity (Wildman–Crippen MR) is 103 cm³/mol. The molecular weight excluding hydrogens is 368 g/mol. The number of anilines is 2. The first-order valence-corrected chi connectivity index (χ1v) is 9.05. The van der Waals surface area contributed by atoms with Gasteiger partial charge in [-0.05, 0) is 42.8 Å². The van der Waals surface area contributed by atoms with Crippen LogP contribution < -0.4 is 26.2 Å². The first-order chi connectivity index (χ1) is 13.0. The third-order valence-electron chi connectivity index (χ3n) is 4.73. The van der Waals surface area contributed by atoms with Crippen LogP contribution in [0.1, 0.15) is 18.5 Å². The van der Waals surface area contributed by atoms with E-state index in [4.69, 9.17) is 16.3 Å². The molecule has 2 heterocycles. The fourth-order valence-corrected chi connectivity index (χ4v) is 3.37. The Hall–Kier alpha value is -2.61. The molecule has 0 spiro atoms. The monoisotopic (exact) mass is 386 g/mol. The van der Waals surface area contributed by atoms with Crippen molar-refractivity contribution in [3.05, 3.63) is 53.1 Å². The van der Waals surface area contributed by atoms with Gasteiger partial charge in [0, 0.05) is 17.3 Å². The Labute approximate surface area is 161 Å². The van der Waals surface area contributed by atoms with E-state index in [1.807, 2.05) is 12.1 Å². The van der Waals surface area contributed by atoms with Gasteiger partial charge in [-0.3, -0.25) is 15.0 Å². The van der Waals surface area contributed by atoms with E-state index in [2.05, 4.69) is 21.5 Å². The topological polar surface area (TPSA) is 91.5 Å². The molecule has 0 aliphatic carbocycles. The number of rotatable bonds is 3. The van der Waals surface area contributed by atoms with Crippen molar-refractivity contribution < 1.29 is 14.3 Å². The van der Waals surface area contributed by atoms with Crippen molar-refractivity contribution in [2.45, 2.75) is 19.1 Å². The van der Waals surface area contributed by atoms with Gasteiger partial charge in [-0.1, -0.05) is 23.7 Å². The Kier molecular flexibility index (Phi) is 4.73. The summed E-state index contributed by atoms with van der Waals surface area (Å²) >= 11 is 5.95. The van der Waals surface area contributed by atoms with E-state index in [1.54, 1.807) is 37.3 Å². The molecule has 1 fully saturated rings. The molecule has 2 aromatic carbocycles. The molecule has 2 aromatic rings. The highest BCUT2D eigenvalue weighted by Gasteiger charge is 2.34.